The minimum absolute atomic E-state index is 0. The largest absolute Gasteiger partial charge is 0.368 e. The molecule has 0 unspecified atom stereocenters. The second-order valence-corrected chi connectivity index (χ2v) is 12.2. The number of carbonyl (C=O) groups is 3. The maximum Gasteiger partial charge on any atom is 0.271 e. The van der Waals surface area contributed by atoms with E-state index in [-0.39, 0.29) is 48.2 Å². The number of benzene rings is 2. The topological polar surface area (TPSA) is 180 Å². The highest BCUT2D eigenvalue weighted by Crippen LogP contribution is 2.33. The van der Waals surface area contributed by atoms with Crippen LogP contribution in [0.4, 0.5) is 5.69 Å². The van der Waals surface area contributed by atoms with Gasteiger partial charge in [0.1, 0.15) is 11.7 Å². The number of fused-ring (bicyclic) bond motifs is 1. The summed E-state index contributed by atoms with van der Waals surface area (Å²) < 4.78 is 0. The summed E-state index contributed by atoms with van der Waals surface area (Å²) in [6.45, 7) is 6.25. The summed E-state index contributed by atoms with van der Waals surface area (Å²) in [6.07, 6.45) is 3.28. The number of anilines is 1. The van der Waals surface area contributed by atoms with Gasteiger partial charge in [0.2, 0.25) is 11.8 Å². The van der Waals surface area contributed by atoms with Crippen molar-refractivity contribution in [2.24, 2.45) is 23.3 Å². The van der Waals surface area contributed by atoms with Gasteiger partial charge in [-0.25, -0.2) is 4.98 Å². The molecule has 46 heavy (non-hydrogen) atoms. The monoisotopic (exact) mass is 647 g/mol. The Hall–Kier alpha value is -4.48. The summed E-state index contributed by atoms with van der Waals surface area (Å²) in [4.78, 5) is 57.8. The van der Waals surface area contributed by atoms with E-state index < -0.39 is 11.9 Å². The van der Waals surface area contributed by atoms with Gasteiger partial charge >= 0.3 is 0 Å². The lowest BCUT2D eigenvalue weighted by atomic mass is 9.81. The number of aryl methyl sites for hydroxylation is 1. The van der Waals surface area contributed by atoms with Crippen LogP contribution in [0.15, 0.2) is 59.4 Å². The molecule has 0 bridgehead atoms. The molecule has 2 aromatic heterocycles. The van der Waals surface area contributed by atoms with Gasteiger partial charge in [-0.05, 0) is 94.3 Å². The van der Waals surface area contributed by atoms with E-state index >= 15 is 0 Å². The molecule has 1 atom stereocenters. The molecule has 3 amide bonds. The van der Waals surface area contributed by atoms with Crippen molar-refractivity contribution in [2.45, 2.75) is 65.0 Å². The normalized spacial score (nSPS) is 16.9. The van der Waals surface area contributed by atoms with Gasteiger partial charge in [0.15, 0.2) is 0 Å². The third kappa shape index (κ3) is 7.48. The van der Waals surface area contributed by atoms with Gasteiger partial charge < -0.3 is 16.8 Å². The van der Waals surface area contributed by atoms with Crippen LogP contribution in [0, 0.1) is 18.8 Å². The minimum Gasteiger partial charge on any atom is -0.368 e. The standard InChI is InChI=1S/C34H41N7O4.ClH/c1-19(2)37-33(44)28-15-14-26(20(3)38-28)23-8-4-21(5-9-23)16-30(31(36)42)41(34(45)24-10-6-22(18-35)7-11-24)25-12-13-27-29(17-25)39-40-32(27)43;/h4-5,8-9,12-15,17,19,22,24,30H,6-7,10-11,16,18,35H2,1-3H3,(H2,36,42)(H,37,44)(H2,39,40,43);1H/t22?,24?,30-;/m0./s1. The number of nitrogens with one attached hydrogen (secondary N) is 3. The molecule has 12 heteroatoms. The van der Waals surface area contributed by atoms with Crippen LogP contribution in [0.3, 0.4) is 0 Å². The fourth-order valence-electron chi connectivity index (χ4n) is 6.17. The van der Waals surface area contributed by atoms with Crippen LogP contribution in [0.1, 0.15) is 61.3 Å². The fourth-order valence-corrected chi connectivity index (χ4v) is 6.17. The molecule has 4 aromatic rings. The van der Waals surface area contributed by atoms with Crippen molar-refractivity contribution >= 4 is 46.7 Å². The van der Waals surface area contributed by atoms with Gasteiger partial charge in [0.25, 0.3) is 11.5 Å². The van der Waals surface area contributed by atoms with Gasteiger partial charge in [-0.1, -0.05) is 30.3 Å². The van der Waals surface area contributed by atoms with Crippen molar-refractivity contribution in [3.05, 3.63) is 81.9 Å². The Kier molecular flexibility index (Phi) is 11.0. The first-order valence-corrected chi connectivity index (χ1v) is 15.5. The first-order valence-electron chi connectivity index (χ1n) is 15.5. The number of hydrogen-bond donors (Lipinski definition) is 5. The lowest BCUT2D eigenvalue weighted by molar-refractivity contribution is -0.127. The number of hydrogen-bond acceptors (Lipinski definition) is 6. The average molecular weight is 648 g/mol. The molecule has 0 aliphatic heterocycles. The van der Waals surface area contributed by atoms with E-state index in [1.165, 1.54) is 4.90 Å². The second kappa shape index (κ2) is 14.7. The maximum absolute atomic E-state index is 14.2. The molecular weight excluding hydrogens is 606 g/mol. The van der Waals surface area contributed by atoms with E-state index in [0.717, 1.165) is 29.5 Å². The number of halogens is 1. The number of H-pyrrole nitrogens is 2. The highest BCUT2D eigenvalue weighted by atomic mass is 35.5. The Bertz CT molecular complexity index is 1760. The molecule has 7 N–H and O–H groups in total. The zero-order chi connectivity index (χ0) is 32.2. The van der Waals surface area contributed by atoms with Crippen LogP contribution in [0.2, 0.25) is 0 Å². The van der Waals surface area contributed by atoms with E-state index in [1.807, 2.05) is 51.1 Å². The molecule has 1 aliphatic carbocycles. The molecule has 5 rings (SSSR count). The van der Waals surface area contributed by atoms with Crippen molar-refractivity contribution in [3.63, 3.8) is 0 Å². The summed E-state index contributed by atoms with van der Waals surface area (Å²) in [5.74, 6) is -0.881. The maximum atomic E-state index is 14.2. The van der Waals surface area contributed by atoms with E-state index in [1.54, 1.807) is 24.3 Å². The molecule has 1 saturated carbocycles. The zero-order valence-electron chi connectivity index (χ0n) is 26.3. The summed E-state index contributed by atoms with van der Waals surface area (Å²) >= 11 is 0. The SMILES string of the molecule is Cc1nc(C(=O)NC(C)C)ccc1-c1ccc(C[C@@H](C(N)=O)N(C(=O)C2CCC(CN)CC2)c2ccc3c(=O)[nH][nH]c3c2)cc1.Cl. The summed E-state index contributed by atoms with van der Waals surface area (Å²) in [5.41, 5.74) is 16.3. The summed E-state index contributed by atoms with van der Waals surface area (Å²) in [6, 6.07) is 15.4. The molecule has 0 spiro atoms. The number of rotatable bonds is 10. The minimum atomic E-state index is -0.958. The van der Waals surface area contributed by atoms with E-state index in [9.17, 15) is 19.2 Å². The van der Waals surface area contributed by atoms with Gasteiger partial charge in [0, 0.05) is 35.3 Å². The van der Waals surface area contributed by atoms with Crippen LogP contribution < -0.4 is 27.2 Å². The predicted molar refractivity (Wildman–Crippen MR) is 182 cm³/mol. The van der Waals surface area contributed by atoms with Crippen molar-refractivity contribution in [1.82, 2.24) is 20.5 Å². The summed E-state index contributed by atoms with van der Waals surface area (Å²) in [7, 11) is 0. The molecule has 244 valence electrons. The molecular formula is C34H42ClN7O4. The number of aromatic nitrogens is 3. The highest BCUT2D eigenvalue weighted by molar-refractivity contribution is 6.03. The number of aromatic amines is 2. The Balaban J connectivity index is 0.00000480. The molecule has 11 nitrogen and oxygen atoms in total. The number of nitrogens with two attached hydrogens (primary N) is 2. The fraction of sp³-hybridized carbons (Fsp3) is 0.382. The Morgan fingerprint density at radius 1 is 1.00 bits per heavy atom. The first-order chi connectivity index (χ1) is 21.5. The second-order valence-electron chi connectivity index (χ2n) is 12.2. The third-order valence-electron chi connectivity index (χ3n) is 8.68. The van der Waals surface area contributed by atoms with Gasteiger partial charge in [-0.15, -0.1) is 12.4 Å². The number of pyridine rings is 1. The van der Waals surface area contributed by atoms with E-state index in [4.69, 9.17) is 11.5 Å². The molecule has 1 fully saturated rings. The smallest absolute Gasteiger partial charge is 0.271 e. The van der Waals surface area contributed by atoms with Crippen LogP contribution in [0.5, 0.6) is 0 Å². The Labute approximate surface area is 273 Å². The van der Waals surface area contributed by atoms with E-state index in [0.29, 0.717) is 53.3 Å². The van der Waals surface area contributed by atoms with E-state index in [2.05, 4.69) is 20.5 Å². The van der Waals surface area contributed by atoms with Crippen LogP contribution >= 0.6 is 12.4 Å². The van der Waals surface area contributed by atoms with Crippen molar-refractivity contribution in [2.75, 3.05) is 11.4 Å². The molecule has 2 aromatic carbocycles. The van der Waals surface area contributed by atoms with Crippen LogP contribution in [0.25, 0.3) is 22.0 Å². The van der Waals surface area contributed by atoms with Crippen molar-refractivity contribution in [3.8, 4) is 11.1 Å². The van der Waals surface area contributed by atoms with Gasteiger partial charge in [-0.3, -0.25) is 34.3 Å². The first kappa shape index (κ1) is 34.4. The van der Waals surface area contributed by atoms with Gasteiger partial charge in [-0.2, -0.15) is 0 Å². The van der Waals surface area contributed by atoms with Crippen molar-refractivity contribution < 1.29 is 14.4 Å². The van der Waals surface area contributed by atoms with Gasteiger partial charge in [0.05, 0.1) is 10.9 Å². The zero-order valence-corrected chi connectivity index (χ0v) is 27.2. The molecule has 1 aliphatic rings. The number of nitrogens with zero attached hydrogens (tertiary/aromatic N) is 2. The lowest BCUT2D eigenvalue weighted by Gasteiger charge is -2.35. The molecule has 0 radical (unpaired) electrons. The summed E-state index contributed by atoms with van der Waals surface area (Å²) in [5, 5.41) is 8.72. The molecule has 2 heterocycles. The predicted octanol–water partition coefficient (Wildman–Crippen LogP) is 3.98. The Morgan fingerprint density at radius 3 is 2.30 bits per heavy atom. The number of carbonyl (C=O) groups excluding carboxylic acids is 3. The molecule has 0 saturated heterocycles. The number of primary amides is 1. The Morgan fingerprint density at radius 2 is 1.70 bits per heavy atom. The average Bonchev–Trinajstić information content (AvgIpc) is 3.40. The number of amides is 3. The lowest BCUT2D eigenvalue weighted by Crippen LogP contribution is -2.52. The van der Waals surface area contributed by atoms with Crippen LogP contribution in [-0.2, 0) is 16.0 Å². The van der Waals surface area contributed by atoms with Crippen molar-refractivity contribution in [1.29, 1.82) is 0 Å². The highest BCUT2D eigenvalue weighted by Gasteiger charge is 2.36. The quantitative estimate of drug-likeness (QED) is 0.174. The van der Waals surface area contributed by atoms with Crippen LogP contribution in [-0.4, -0.2) is 51.5 Å². The third-order valence-corrected chi connectivity index (χ3v) is 8.68.